The minimum atomic E-state index is -3.73. The monoisotopic (exact) mass is 351 g/mol. The zero-order valence-electron chi connectivity index (χ0n) is 14.0. The molecule has 0 amide bonds. The summed E-state index contributed by atoms with van der Waals surface area (Å²) >= 11 is 0. The SMILES string of the molecule is COc1ccc(C(CC(C)C)NS(=O)(=O)c2ccc(F)cc2)cc1. The van der Waals surface area contributed by atoms with Gasteiger partial charge in [-0.15, -0.1) is 0 Å². The number of nitrogens with one attached hydrogen (secondary N) is 1. The molecule has 0 saturated carbocycles. The quantitative estimate of drug-likeness (QED) is 0.823. The molecule has 0 fully saturated rings. The molecule has 24 heavy (non-hydrogen) atoms. The van der Waals surface area contributed by atoms with Gasteiger partial charge in [-0.25, -0.2) is 17.5 Å². The summed E-state index contributed by atoms with van der Waals surface area (Å²) in [7, 11) is -2.15. The molecule has 130 valence electrons. The van der Waals surface area contributed by atoms with E-state index in [2.05, 4.69) is 4.72 Å². The third-order valence-corrected chi connectivity index (χ3v) is 5.13. The van der Waals surface area contributed by atoms with E-state index >= 15 is 0 Å². The van der Waals surface area contributed by atoms with E-state index in [0.29, 0.717) is 18.1 Å². The van der Waals surface area contributed by atoms with Crippen LogP contribution in [0.15, 0.2) is 53.4 Å². The van der Waals surface area contributed by atoms with Crippen LogP contribution in [0, 0.1) is 11.7 Å². The predicted molar refractivity (Wildman–Crippen MR) is 91.9 cm³/mol. The van der Waals surface area contributed by atoms with Crippen molar-refractivity contribution in [2.45, 2.75) is 31.2 Å². The van der Waals surface area contributed by atoms with Gasteiger partial charge in [-0.1, -0.05) is 26.0 Å². The standard InChI is InChI=1S/C18H22FNO3S/c1-13(2)12-18(14-4-8-16(23-3)9-5-14)20-24(21,22)17-10-6-15(19)7-11-17/h4-11,13,18,20H,12H2,1-3H3. The van der Waals surface area contributed by atoms with Gasteiger partial charge in [-0.3, -0.25) is 0 Å². The molecule has 0 heterocycles. The van der Waals surface area contributed by atoms with E-state index in [-0.39, 0.29) is 10.9 Å². The number of hydrogen-bond donors (Lipinski definition) is 1. The van der Waals surface area contributed by atoms with Gasteiger partial charge in [-0.05, 0) is 54.3 Å². The van der Waals surface area contributed by atoms with E-state index in [9.17, 15) is 12.8 Å². The largest absolute Gasteiger partial charge is 0.497 e. The maximum atomic E-state index is 13.0. The summed E-state index contributed by atoms with van der Waals surface area (Å²) in [6.07, 6.45) is 0.646. The van der Waals surface area contributed by atoms with Gasteiger partial charge in [0.2, 0.25) is 10.0 Å². The minimum Gasteiger partial charge on any atom is -0.497 e. The van der Waals surface area contributed by atoms with Crippen molar-refractivity contribution in [3.05, 3.63) is 59.9 Å². The van der Waals surface area contributed by atoms with E-state index in [0.717, 1.165) is 17.7 Å². The molecule has 0 aliphatic heterocycles. The number of ether oxygens (including phenoxy) is 1. The van der Waals surface area contributed by atoms with Crippen molar-refractivity contribution in [3.63, 3.8) is 0 Å². The van der Waals surface area contributed by atoms with Crippen LogP contribution in [0.5, 0.6) is 5.75 Å². The van der Waals surface area contributed by atoms with Crippen LogP contribution in [0.25, 0.3) is 0 Å². The summed E-state index contributed by atoms with van der Waals surface area (Å²) in [6, 6.07) is 11.7. The van der Waals surface area contributed by atoms with Crippen molar-refractivity contribution >= 4 is 10.0 Å². The second-order valence-corrected chi connectivity index (χ2v) is 7.74. The third kappa shape index (κ3) is 4.79. The molecule has 1 atom stereocenters. The first-order valence-corrected chi connectivity index (χ1v) is 9.22. The molecular weight excluding hydrogens is 329 g/mol. The predicted octanol–water partition coefficient (Wildman–Crippen LogP) is 3.90. The smallest absolute Gasteiger partial charge is 0.241 e. The number of methoxy groups -OCH3 is 1. The van der Waals surface area contributed by atoms with Crippen molar-refractivity contribution in [1.29, 1.82) is 0 Å². The lowest BCUT2D eigenvalue weighted by molar-refractivity contribution is 0.414. The Morgan fingerprint density at radius 1 is 1.04 bits per heavy atom. The topological polar surface area (TPSA) is 55.4 Å². The molecule has 0 radical (unpaired) electrons. The van der Waals surface area contributed by atoms with E-state index in [1.54, 1.807) is 19.2 Å². The molecule has 0 bridgehead atoms. The molecule has 2 rings (SSSR count). The Morgan fingerprint density at radius 3 is 2.12 bits per heavy atom. The Bertz CT molecular complexity index is 756. The highest BCUT2D eigenvalue weighted by Gasteiger charge is 2.22. The van der Waals surface area contributed by atoms with Gasteiger partial charge in [0.15, 0.2) is 0 Å². The zero-order valence-corrected chi connectivity index (χ0v) is 14.8. The number of halogens is 1. The highest BCUT2D eigenvalue weighted by Crippen LogP contribution is 2.25. The van der Waals surface area contributed by atoms with Gasteiger partial charge in [0.25, 0.3) is 0 Å². The fraction of sp³-hybridized carbons (Fsp3) is 0.333. The van der Waals surface area contributed by atoms with Crippen LogP contribution in [0.4, 0.5) is 4.39 Å². The van der Waals surface area contributed by atoms with Gasteiger partial charge >= 0.3 is 0 Å². The highest BCUT2D eigenvalue weighted by molar-refractivity contribution is 7.89. The molecule has 0 saturated heterocycles. The normalized spacial score (nSPS) is 13.0. The number of benzene rings is 2. The molecule has 1 unspecified atom stereocenters. The van der Waals surface area contributed by atoms with Crippen molar-refractivity contribution < 1.29 is 17.5 Å². The van der Waals surface area contributed by atoms with Crippen LogP contribution in [0.3, 0.4) is 0 Å². The van der Waals surface area contributed by atoms with Gasteiger partial charge < -0.3 is 4.74 Å². The molecule has 1 N–H and O–H groups in total. The minimum absolute atomic E-state index is 0.0474. The molecule has 2 aromatic carbocycles. The Morgan fingerprint density at radius 2 is 1.62 bits per heavy atom. The van der Waals surface area contributed by atoms with Crippen molar-refractivity contribution in [2.75, 3.05) is 7.11 Å². The van der Waals surface area contributed by atoms with Crippen molar-refractivity contribution in [1.82, 2.24) is 4.72 Å². The summed E-state index contributed by atoms with van der Waals surface area (Å²) in [5.41, 5.74) is 0.857. The summed E-state index contributed by atoms with van der Waals surface area (Å²) in [5.74, 6) is 0.541. The molecule has 4 nitrogen and oxygen atoms in total. The molecule has 6 heteroatoms. The van der Waals surface area contributed by atoms with Gasteiger partial charge in [0.1, 0.15) is 11.6 Å². The number of hydrogen-bond acceptors (Lipinski definition) is 3. The van der Waals surface area contributed by atoms with Crippen LogP contribution in [0.1, 0.15) is 31.9 Å². The van der Waals surface area contributed by atoms with E-state index in [4.69, 9.17) is 4.74 Å². The second-order valence-electron chi connectivity index (χ2n) is 6.03. The molecule has 0 spiro atoms. The Balaban J connectivity index is 2.28. The van der Waals surface area contributed by atoms with Gasteiger partial charge in [-0.2, -0.15) is 0 Å². The summed E-state index contributed by atoms with van der Waals surface area (Å²) in [6.45, 7) is 4.06. The first-order valence-electron chi connectivity index (χ1n) is 7.73. The lowest BCUT2D eigenvalue weighted by Gasteiger charge is -2.21. The summed E-state index contributed by atoms with van der Waals surface area (Å²) in [5, 5.41) is 0. The lowest BCUT2D eigenvalue weighted by atomic mass is 9.98. The fourth-order valence-electron chi connectivity index (χ4n) is 2.43. The second kappa shape index (κ2) is 7.77. The Labute approximate surface area is 142 Å². The van der Waals surface area contributed by atoms with E-state index < -0.39 is 15.8 Å². The molecular formula is C18H22FNO3S. The third-order valence-electron chi connectivity index (χ3n) is 3.65. The molecule has 0 aliphatic rings. The Hall–Kier alpha value is -1.92. The van der Waals surface area contributed by atoms with E-state index in [1.165, 1.54) is 12.1 Å². The average molecular weight is 351 g/mol. The van der Waals surface area contributed by atoms with Crippen LogP contribution in [-0.4, -0.2) is 15.5 Å². The first kappa shape index (κ1) is 18.4. The molecule has 0 aromatic heterocycles. The van der Waals surface area contributed by atoms with Crippen LogP contribution < -0.4 is 9.46 Å². The van der Waals surface area contributed by atoms with Crippen LogP contribution >= 0.6 is 0 Å². The Kier molecular flexibility index (Phi) is 5.96. The van der Waals surface area contributed by atoms with Gasteiger partial charge in [0, 0.05) is 6.04 Å². The zero-order chi connectivity index (χ0) is 17.7. The van der Waals surface area contributed by atoms with Crippen LogP contribution in [-0.2, 0) is 10.0 Å². The van der Waals surface area contributed by atoms with Crippen molar-refractivity contribution in [3.8, 4) is 5.75 Å². The summed E-state index contributed by atoms with van der Waals surface area (Å²) < 4.78 is 46.0. The summed E-state index contributed by atoms with van der Waals surface area (Å²) in [4.78, 5) is 0.0474. The molecule has 0 aliphatic carbocycles. The number of rotatable bonds is 7. The fourth-order valence-corrected chi connectivity index (χ4v) is 3.67. The maximum absolute atomic E-state index is 13.0. The first-order chi connectivity index (χ1) is 11.3. The van der Waals surface area contributed by atoms with Crippen molar-refractivity contribution in [2.24, 2.45) is 5.92 Å². The molecule has 2 aromatic rings. The number of sulfonamides is 1. The maximum Gasteiger partial charge on any atom is 0.241 e. The average Bonchev–Trinajstić information content (AvgIpc) is 2.54. The van der Waals surface area contributed by atoms with Crippen LogP contribution in [0.2, 0.25) is 0 Å². The van der Waals surface area contributed by atoms with Gasteiger partial charge in [0.05, 0.1) is 12.0 Å². The lowest BCUT2D eigenvalue weighted by Crippen LogP contribution is -2.29. The highest BCUT2D eigenvalue weighted by atomic mass is 32.2. The van der Waals surface area contributed by atoms with E-state index in [1.807, 2.05) is 26.0 Å².